The molecule has 0 aliphatic heterocycles. The van der Waals surface area contributed by atoms with E-state index in [4.69, 9.17) is 0 Å². The maximum absolute atomic E-state index is 10.5. The summed E-state index contributed by atoms with van der Waals surface area (Å²) >= 11 is 0. The van der Waals surface area contributed by atoms with E-state index in [0.29, 0.717) is 5.75 Å². The Hall–Kier alpha value is -1.43. The summed E-state index contributed by atoms with van der Waals surface area (Å²) in [7, 11) is 10.3. The van der Waals surface area contributed by atoms with Crippen molar-refractivity contribution in [1.82, 2.24) is 14.7 Å². The van der Waals surface area contributed by atoms with Crippen LogP contribution in [0.1, 0.15) is 16.7 Å². The second kappa shape index (κ2) is 9.65. The van der Waals surface area contributed by atoms with Gasteiger partial charge in [0.25, 0.3) is 0 Å². The highest BCUT2D eigenvalue weighted by Gasteiger charge is 2.10. The molecule has 0 amide bonds. The third kappa shape index (κ3) is 7.59. The molecule has 130 valence electrons. The number of rotatable bonds is 9. The molecule has 0 spiro atoms. The normalized spacial score (nSPS) is 12.2. The van der Waals surface area contributed by atoms with Crippen molar-refractivity contribution < 1.29 is 5.11 Å². The SMILES string of the molecule is Cc1cc(C=NCCN(C)C)c(O)c(CN(C)CCN(C)C)c1. The second-order valence-electron chi connectivity index (χ2n) is 6.74. The van der Waals surface area contributed by atoms with Gasteiger partial charge in [0.1, 0.15) is 5.75 Å². The van der Waals surface area contributed by atoms with Crippen molar-refractivity contribution in [3.05, 3.63) is 28.8 Å². The minimum atomic E-state index is 0.348. The van der Waals surface area contributed by atoms with Gasteiger partial charge < -0.3 is 19.8 Å². The lowest BCUT2D eigenvalue weighted by atomic mass is 10.0. The van der Waals surface area contributed by atoms with E-state index in [1.807, 2.05) is 20.2 Å². The summed E-state index contributed by atoms with van der Waals surface area (Å²) in [6.07, 6.45) is 1.79. The highest BCUT2D eigenvalue weighted by molar-refractivity contribution is 5.84. The zero-order valence-corrected chi connectivity index (χ0v) is 15.5. The van der Waals surface area contributed by atoms with Crippen molar-refractivity contribution in [2.75, 3.05) is 61.4 Å². The van der Waals surface area contributed by atoms with Crippen LogP contribution in [-0.2, 0) is 6.54 Å². The predicted octanol–water partition coefficient (Wildman–Crippen LogP) is 1.67. The van der Waals surface area contributed by atoms with Gasteiger partial charge in [0.2, 0.25) is 0 Å². The van der Waals surface area contributed by atoms with Crippen molar-refractivity contribution in [3.8, 4) is 5.75 Å². The molecule has 5 nitrogen and oxygen atoms in total. The van der Waals surface area contributed by atoms with Crippen LogP contribution in [0.25, 0.3) is 0 Å². The molecule has 0 saturated heterocycles. The fourth-order valence-corrected chi connectivity index (χ4v) is 2.26. The van der Waals surface area contributed by atoms with Crippen LogP contribution >= 0.6 is 0 Å². The minimum Gasteiger partial charge on any atom is -0.507 e. The first kappa shape index (κ1) is 19.6. The predicted molar refractivity (Wildman–Crippen MR) is 98.7 cm³/mol. The Labute approximate surface area is 141 Å². The first-order chi connectivity index (χ1) is 10.8. The van der Waals surface area contributed by atoms with Crippen molar-refractivity contribution in [3.63, 3.8) is 0 Å². The summed E-state index contributed by atoms with van der Waals surface area (Å²) in [5, 5.41) is 10.5. The maximum Gasteiger partial charge on any atom is 0.128 e. The van der Waals surface area contributed by atoms with Gasteiger partial charge in [0, 0.05) is 43.5 Å². The van der Waals surface area contributed by atoms with Crippen LogP contribution < -0.4 is 0 Å². The van der Waals surface area contributed by atoms with E-state index in [2.05, 4.69) is 53.8 Å². The number of hydrogen-bond acceptors (Lipinski definition) is 5. The summed E-state index contributed by atoms with van der Waals surface area (Å²) < 4.78 is 0. The van der Waals surface area contributed by atoms with E-state index in [1.165, 1.54) is 0 Å². The van der Waals surface area contributed by atoms with Crippen LogP contribution in [0.4, 0.5) is 0 Å². The number of phenolic OH excluding ortho intramolecular Hbond substituents is 1. The average molecular weight is 320 g/mol. The Balaban J connectivity index is 2.77. The van der Waals surface area contributed by atoms with Gasteiger partial charge in [-0.25, -0.2) is 0 Å². The molecule has 0 atom stereocenters. The lowest BCUT2D eigenvalue weighted by Crippen LogP contribution is -2.28. The number of phenols is 1. The summed E-state index contributed by atoms with van der Waals surface area (Å²) in [6, 6.07) is 4.04. The first-order valence-corrected chi connectivity index (χ1v) is 8.10. The molecule has 0 aromatic heterocycles. The number of likely N-dealkylation sites (N-methyl/N-ethyl adjacent to an activating group) is 3. The average Bonchev–Trinajstić information content (AvgIpc) is 2.45. The van der Waals surface area contributed by atoms with Crippen molar-refractivity contribution in [2.24, 2.45) is 4.99 Å². The molecule has 0 unspecified atom stereocenters. The van der Waals surface area contributed by atoms with Gasteiger partial charge in [-0.1, -0.05) is 6.07 Å². The van der Waals surface area contributed by atoms with E-state index >= 15 is 0 Å². The van der Waals surface area contributed by atoms with Crippen molar-refractivity contribution >= 4 is 6.21 Å². The van der Waals surface area contributed by atoms with E-state index < -0.39 is 0 Å². The largest absolute Gasteiger partial charge is 0.507 e. The molecule has 1 aromatic rings. The summed E-state index contributed by atoms with van der Waals surface area (Å²) in [5.74, 6) is 0.348. The van der Waals surface area contributed by atoms with E-state index in [1.54, 1.807) is 6.21 Å². The van der Waals surface area contributed by atoms with E-state index in [-0.39, 0.29) is 0 Å². The molecular weight excluding hydrogens is 288 g/mol. The highest BCUT2D eigenvalue weighted by atomic mass is 16.3. The Morgan fingerprint density at radius 3 is 2.26 bits per heavy atom. The molecule has 1 aromatic carbocycles. The van der Waals surface area contributed by atoms with Gasteiger partial charge >= 0.3 is 0 Å². The molecular formula is C18H32N4O. The molecule has 0 aliphatic carbocycles. The van der Waals surface area contributed by atoms with Crippen LogP contribution in [-0.4, -0.2) is 87.4 Å². The zero-order chi connectivity index (χ0) is 17.4. The summed E-state index contributed by atoms with van der Waals surface area (Å²) in [6.45, 7) is 6.40. The second-order valence-corrected chi connectivity index (χ2v) is 6.74. The standard InChI is InChI=1S/C18H32N4O/c1-15-11-16(13-19-7-8-20(2)3)18(23)17(12-15)14-22(6)10-9-21(4)5/h11-13,23H,7-10,14H2,1-6H3. The molecule has 0 fully saturated rings. The number of aryl methyl sites for hydroxylation is 1. The van der Waals surface area contributed by atoms with Gasteiger partial charge in [-0.15, -0.1) is 0 Å². The molecule has 1 rings (SSSR count). The molecule has 0 heterocycles. The van der Waals surface area contributed by atoms with E-state index in [9.17, 15) is 5.11 Å². The number of nitrogens with zero attached hydrogens (tertiary/aromatic N) is 4. The molecule has 23 heavy (non-hydrogen) atoms. The maximum atomic E-state index is 10.5. The number of benzene rings is 1. The van der Waals surface area contributed by atoms with Gasteiger partial charge in [-0.2, -0.15) is 0 Å². The third-order valence-corrected chi connectivity index (χ3v) is 3.64. The highest BCUT2D eigenvalue weighted by Crippen LogP contribution is 2.24. The quantitative estimate of drug-likeness (QED) is 0.703. The van der Waals surface area contributed by atoms with Crippen LogP contribution in [0.3, 0.4) is 0 Å². The number of aromatic hydroxyl groups is 1. The van der Waals surface area contributed by atoms with E-state index in [0.717, 1.165) is 49.4 Å². The molecule has 1 N–H and O–H groups in total. The molecule has 5 heteroatoms. The molecule has 0 bridgehead atoms. The molecule has 0 aliphatic rings. The molecule has 0 radical (unpaired) electrons. The fraction of sp³-hybridized carbons (Fsp3) is 0.611. The first-order valence-electron chi connectivity index (χ1n) is 8.10. The monoisotopic (exact) mass is 320 g/mol. The zero-order valence-electron chi connectivity index (χ0n) is 15.5. The van der Waals surface area contributed by atoms with Crippen molar-refractivity contribution in [1.29, 1.82) is 0 Å². The van der Waals surface area contributed by atoms with Gasteiger partial charge in [0.05, 0.1) is 6.54 Å². The lowest BCUT2D eigenvalue weighted by molar-refractivity contribution is 0.273. The topological polar surface area (TPSA) is 42.3 Å². The summed E-state index contributed by atoms with van der Waals surface area (Å²) in [4.78, 5) is 10.9. The van der Waals surface area contributed by atoms with Crippen molar-refractivity contribution in [2.45, 2.75) is 13.5 Å². The van der Waals surface area contributed by atoms with Gasteiger partial charge in [-0.3, -0.25) is 4.99 Å². The van der Waals surface area contributed by atoms with Crippen LogP contribution in [0, 0.1) is 6.92 Å². The van der Waals surface area contributed by atoms with Crippen LogP contribution in [0.2, 0.25) is 0 Å². The fourth-order valence-electron chi connectivity index (χ4n) is 2.26. The van der Waals surface area contributed by atoms with Gasteiger partial charge in [-0.05, 0) is 53.8 Å². The summed E-state index contributed by atoms with van der Waals surface area (Å²) in [5.41, 5.74) is 2.91. The smallest absolute Gasteiger partial charge is 0.128 e. The Morgan fingerprint density at radius 2 is 1.65 bits per heavy atom. The number of aliphatic imine (C=N–C) groups is 1. The lowest BCUT2D eigenvalue weighted by Gasteiger charge is -2.20. The number of hydrogen-bond donors (Lipinski definition) is 1. The minimum absolute atomic E-state index is 0.348. The Morgan fingerprint density at radius 1 is 1.00 bits per heavy atom. The Bertz CT molecular complexity index is 512. The third-order valence-electron chi connectivity index (χ3n) is 3.64. The Kier molecular flexibility index (Phi) is 8.23. The van der Waals surface area contributed by atoms with Crippen LogP contribution in [0.15, 0.2) is 17.1 Å². The van der Waals surface area contributed by atoms with Gasteiger partial charge in [0.15, 0.2) is 0 Å². The van der Waals surface area contributed by atoms with Crippen LogP contribution in [0.5, 0.6) is 5.75 Å². The molecule has 0 saturated carbocycles.